The summed E-state index contributed by atoms with van der Waals surface area (Å²) >= 11 is 0. The van der Waals surface area contributed by atoms with Crippen molar-refractivity contribution in [2.45, 2.75) is 0 Å². The molecule has 1 heterocycles. The van der Waals surface area contributed by atoms with Gasteiger partial charge in [-0.1, -0.05) is 0 Å². The van der Waals surface area contributed by atoms with E-state index in [1.165, 1.54) is 6.20 Å². The van der Waals surface area contributed by atoms with Crippen LogP contribution in [0.25, 0.3) is 0 Å². The minimum atomic E-state index is -0.825. The summed E-state index contributed by atoms with van der Waals surface area (Å²) in [7, 11) is 0. The van der Waals surface area contributed by atoms with E-state index in [1.807, 2.05) is 0 Å². The number of nitrogens with two attached hydrogens (primary N) is 1. The van der Waals surface area contributed by atoms with Crippen LogP contribution in [0.4, 0.5) is 20.3 Å². The van der Waals surface area contributed by atoms with Gasteiger partial charge in [-0.25, -0.2) is 13.8 Å². The van der Waals surface area contributed by atoms with Crippen LogP contribution < -0.4 is 11.1 Å². The smallest absolute Gasteiger partial charge is 0.257 e. The minimum Gasteiger partial charge on any atom is -0.396 e. The Labute approximate surface area is 101 Å². The summed E-state index contributed by atoms with van der Waals surface area (Å²) in [4.78, 5) is 15.6. The molecule has 4 nitrogen and oxygen atoms in total. The molecule has 2 aromatic rings. The van der Waals surface area contributed by atoms with Crippen LogP contribution in [0.1, 0.15) is 10.4 Å². The highest BCUT2D eigenvalue weighted by Gasteiger charge is 2.11. The maximum Gasteiger partial charge on any atom is 0.257 e. The fraction of sp³-hybridized carbons (Fsp3) is 0. The molecule has 18 heavy (non-hydrogen) atoms. The monoisotopic (exact) mass is 249 g/mol. The molecule has 0 radical (unpaired) electrons. The van der Waals surface area contributed by atoms with E-state index in [1.54, 1.807) is 12.1 Å². The number of halogens is 2. The topological polar surface area (TPSA) is 68.0 Å². The second-order valence-electron chi connectivity index (χ2n) is 3.55. The van der Waals surface area contributed by atoms with Gasteiger partial charge in [-0.15, -0.1) is 0 Å². The molecule has 1 aromatic carbocycles. The average molecular weight is 249 g/mol. The minimum absolute atomic E-state index is 0.141. The first kappa shape index (κ1) is 12.0. The number of hydrogen-bond acceptors (Lipinski definition) is 3. The molecule has 1 amide bonds. The van der Waals surface area contributed by atoms with Crippen molar-refractivity contribution in [1.29, 1.82) is 0 Å². The predicted molar refractivity (Wildman–Crippen MR) is 63.0 cm³/mol. The Hall–Kier alpha value is -2.50. The Morgan fingerprint density at radius 3 is 2.50 bits per heavy atom. The number of nitrogens with one attached hydrogen (secondary N) is 1. The molecule has 0 atom stereocenters. The first-order chi connectivity index (χ1) is 8.56. The summed E-state index contributed by atoms with van der Waals surface area (Å²) in [5.74, 6) is -2.19. The molecular formula is C12H9F2N3O. The van der Waals surface area contributed by atoms with Crippen molar-refractivity contribution < 1.29 is 13.6 Å². The Balaban J connectivity index is 2.25. The molecule has 0 spiro atoms. The van der Waals surface area contributed by atoms with Crippen LogP contribution in [0.3, 0.4) is 0 Å². The third-order valence-electron chi connectivity index (χ3n) is 2.20. The lowest BCUT2D eigenvalue weighted by Gasteiger charge is -2.06. The van der Waals surface area contributed by atoms with Gasteiger partial charge in [0.15, 0.2) is 5.82 Å². The largest absolute Gasteiger partial charge is 0.396 e. The maximum absolute atomic E-state index is 12.9. The van der Waals surface area contributed by atoms with Gasteiger partial charge in [0.25, 0.3) is 5.91 Å². The first-order valence-electron chi connectivity index (χ1n) is 5.04. The van der Waals surface area contributed by atoms with Crippen molar-refractivity contribution in [3.63, 3.8) is 0 Å². The average Bonchev–Trinajstić information content (AvgIpc) is 2.31. The van der Waals surface area contributed by atoms with Crippen LogP contribution in [0.15, 0.2) is 36.5 Å². The van der Waals surface area contributed by atoms with Crippen molar-refractivity contribution in [1.82, 2.24) is 4.98 Å². The third-order valence-corrected chi connectivity index (χ3v) is 2.20. The number of pyridine rings is 1. The molecule has 0 aliphatic rings. The number of nitrogens with zero attached hydrogens (tertiary/aromatic N) is 1. The number of aromatic nitrogens is 1. The number of carbonyl (C=O) groups excluding carboxylic acids is 1. The number of nitrogen functional groups attached to an aromatic ring is 1. The zero-order valence-electron chi connectivity index (χ0n) is 9.15. The summed E-state index contributed by atoms with van der Waals surface area (Å²) in [6.45, 7) is 0. The van der Waals surface area contributed by atoms with Gasteiger partial charge in [-0.3, -0.25) is 4.79 Å². The third kappa shape index (κ3) is 2.60. The van der Waals surface area contributed by atoms with Crippen molar-refractivity contribution in [2.75, 3.05) is 11.1 Å². The summed E-state index contributed by atoms with van der Waals surface area (Å²) in [5.41, 5.74) is 5.71. The molecule has 92 valence electrons. The fourth-order valence-corrected chi connectivity index (χ4v) is 1.39. The molecule has 1 aromatic heterocycles. The molecule has 0 saturated heterocycles. The van der Waals surface area contributed by atoms with E-state index in [-0.39, 0.29) is 17.1 Å². The molecular weight excluding hydrogens is 240 g/mol. The first-order valence-corrected chi connectivity index (χ1v) is 5.04. The zero-order chi connectivity index (χ0) is 13.1. The summed E-state index contributed by atoms with van der Waals surface area (Å²) in [6.07, 6.45) is 1.44. The van der Waals surface area contributed by atoms with E-state index >= 15 is 0 Å². The normalized spacial score (nSPS) is 10.1. The van der Waals surface area contributed by atoms with Gasteiger partial charge >= 0.3 is 0 Å². The van der Waals surface area contributed by atoms with Gasteiger partial charge in [0, 0.05) is 17.8 Å². The molecule has 0 fully saturated rings. The van der Waals surface area contributed by atoms with E-state index in [0.717, 1.165) is 12.1 Å². The van der Waals surface area contributed by atoms with E-state index in [2.05, 4.69) is 10.3 Å². The highest BCUT2D eigenvalue weighted by Crippen LogP contribution is 2.15. The van der Waals surface area contributed by atoms with Crippen molar-refractivity contribution in [2.24, 2.45) is 0 Å². The Morgan fingerprint density at radius 1 is 1.22 bits per heavy atom. The van der Waals surface area contributed by atoms with Gasteiger partial charge in [0.05, 0.1) is 5.69 Å². The number of amides is 1. The van der Waals surface area contributed by atoms with Gasteiger partial charge in [-0.05, 0) is 24.3 Å². The van der Waals surface area contributed by atoms with E-state index in [0.29, 0.717) is 6.07 Å². The van der Waals surface area contributed by atoms with E-state index in [4.69, 9.17) is 5.73 Å². The summed E-state index contributed by atoms with van der Waals surface area (Å²) in [5, 5.41) is 2.37. The number of hydrogen-bond donors (Lipinski definition) is 2. The lowest BCUT2D eigenvalue weighted by Crippen LogP contribution is -2.14. The van der Waals surface area contributed by atoms with Crippen LogP contribution in [-0.2, 0) is 0 Å². The van der Waals surface area contributed by atoms with Crippen molar-refractivity contribution in [3.8, 4) is 0 Å². The molecule has 2 rings (SSSR count). The van der Waals surface area contributed by atoms with Crippen LogP contribution in [0.2, 0.25) is 0 Å². The van der Waals surface area contributed by atoms with Crippen molar-refractivity contribution >= 4 is 17.4 Å². The maximum atomic E-state index is 12.9. The molecule has 0 saturated carbocycles. The van der Waals surface area contributed by atoms with Crippen LogP contribution in [0, 0.1) is 11.6 Å². The summed E-state index contributed by atoms with van der Waals surface area (Å²) < 4.78 is 25.9. The van der Waals surface area contributed by atoms with E-state index < -0.39 is 17.5 Å². The lowest BCUT2D eigenvalue weighted by molar-refractivity contribution is 0.102. The molecule has 0 unspecified atom stereocenters. The summed E-state index contributed by atoms with van der Waals surface area (Å²) in [6, 6.07) is 5.70. The van der Waals surface area contributed by atoms with E-state index in [9.17, 15) is 13.6 Å². The number of anilines is 2. The number of benzene rings is 1. The second-order valence-corrected chi connectivity index (χ2v) is 3.55. The lowest BCUT2D eigenvalue weighted by atomic mass is 10.2. The quantitative estimate of drug-likeness (QED) is 0.857. The fourth-order valence-electron chi connectivity index (χ4n) is 1.39. The van der Waals surface area contributed by atoms with Crippen LogP contribution in [0.5, 0.6) is 0 Å². The molecule has 0 aliphatic carbocycles. The van der Waals surface area contributed by atoms with Crippen molar-refractivity contribution in [3.05, 3.63) is 53.7 Å². The van der Waals surface area contributed by atoms with Gasteiger partial charge in [-0.2, -0.15) is 0 Å². The molecule has 6 heteroatoms. The highest BCUT2D eigenvalue weighted by molar-refractivity contribution is 6.05. The molecule has 0 aliphatic heterocycles. The number of rotatable bonds is 2. The van der Waals surface area contributed by atoms with Gasteiger partial charge in [0.1, 0.15) is 11.6 Å². The second kappa shape index (κ2) is 4.79. The Kier molecular flexibility index (Phi) is 3.18. The SMILES string of the molecule is Nc1cccnc1NC(=O)c1cc(F)cc(F)c1. The van der Waals surface area contributed by atoms with Gasteiger partial charge in [0.2, 0.25) is 0 Å². The van der Waals surface area contributed by atoms with Gasteiger partial charge < -0.3 is 11.1 Å². The molecule has 3 N–H and O–H groups in total. The predicted octanol–water partition coefficient (Wildman–Crippen LogP) is 2.19. The van der Waals surface area contributed by atoms with Crippen LogP contribution in [-0.4, -0.2) is 10.9 Å². The number of carbonyl (C=O) groups is 1. The standard InChI is InChI=1S/C12H9F2N3O/c13-8-4-7(5-9(14)6-8)12(18)17-11-10(15)2-1-3-16-11/h1-6H,15H2,(H,16,17,18). The Morgan fingerprint density at radius 2 is 1.89 bits per heavy atom. The zero-order valence-corrected chi connectivity index (χ0v) is 9.15. The van der Waals surface area contributed by atoms with Crippen LogP contribution >= 0.6 is 0 Å². The molecule has 0 bridgehead atoms. The highest BCUT2D eigenvalue weighted by atomic mass is 19.1. The Bertz CT molecular complexity index is 581.